The van der Waals surface area contributed by atoms with Gasteiger partial charge in [-0.3, -0.25) is 0 Å². The van der Waals surface area contributed by atoms with Gasteiger partial charge in [-0.05, 0) is 25.0 Å². The summed E-state index contributed by atoms with van der Waals surface area (Å²) in [6, 6.07) is 17.3. The van der Waals surface area contributed by atoms with Crippen molar-refractivity contribution in [3.63, 3.8) is 0 Å². The van der Waals surface area contributed by atoms with Crippen LogP contribution in [0.3, 0.4) is 0 Å². The summed E-state index contributed by atoms with van der Waals surface area (Å²) in [6.07, 6.45) is 0. The molecule has 0 nitrogen and oxygen atoms in total. The molecule has 0 saturated heterocycles. The molecule has 0 bridgehead atoms. The molecular weight excluding hydrogens is 228 g/mol. The molecule has 0 aromatic heterocycles. The first kappa shape index (κ1) is 19.8. The molecule has 2 aromatic rings. The minimum atomic E-state index is 0. The van der Waals surface area contributed by atoms with Gasteiger partial charge in [-0.15, -0.1) is 0 Å². The molecule has 0 spiro atoms. The number of benzene rings is 2. The SMILES string of the molecule is C.CC.CC.Cc1ccc(-c2ccc(C)cc2)cc1. The van der Waals surface area contributed by atoms with Gasteiger partial charge in [0.1, 0.15) is 0 Å². The summed E-state index contributed by atoms with van der Waals surface area (Å²) in [7, 11) is 0. The van der Waals surface area contributed by atoms with E-state index in [1.807, 2.05) is 27.7 Å². The summed E-state index contributed by atoms with van der Waals surface area (Å²) in [4.78, 5) is 0. The smallest absolute Gasteiger partial charge is 0.0184 e. The van der Waals surface area contributed by atoms with Gasteiger partial charge in [0.15, 0.2) is 0 Å². The summed E-state index contributed by atoms with van der Waals surface area (Å²) in [5.74, 6) is 0. The maximum absolute atomic E-state index is 2.17. The Morgan fingerprint density at radius 1 is 0.474 bits per heavy atom. The number of hydrogen-bond acceptors (Lipinski definition) is 0. The van der Waals surface area contributed by atoms with E-state index in [9.17, 15) is 0 Å². The van der Waals surface area contributed by atoms with Crippen molar-refractivity contribution in [3.05, 3.63) is 59.7 Å². The van der Waals surface area contributed by atoms with Crippen molar-refractivity contribution >= 4 is 0 Å². The van der Waals surface area contributed by atoms with Crippen LogP contribution >= 0.6 is 0 Å². The third-order valence-corrected chi connectivity index (χ3v) is 2.44. The van der Waals surface area contributed by atoms with E-state index in [2.05, 4.69) is 62.4 Å². The van der Waals surface area contributed by atoms with Gasteiger partial charge in [-0.25, -0.2) is 0 Å². The van der Waals surface area contributed by atoms with Gasteiger partial charge in [-0.2, -0.15) is 0 Å². The van der Waals surface area contributed by atoms with Crippen LogP contribution in [0.4, 0.5) is 0 Å². The monoisotopic (exact) mass is 258 g/mol. The van der Waals surface area contributed by atoms with Crippen LogP contribution in [-0.2, 0) is 0 Å². The largest absolute Gasteiger partial charge is 0.0776 e. The van der Waals surface area contributed by atoms with Gasteiger partial charge < -0.3 is 0 Å². The standard InChI is InChI=1S/C14H14.2C2H6.CH4/c1-11-3-7-13(8-4-11)14-9-5-12(2)6-10-14;2*1-2;/h3-10H,1-2H3;2*1-2H3;1H4. The van der Waals surface area contributed by atoms with Crippen LogP contribution in [0.5, 0.6) is 0 Å². The predicted octanol–water partition coefficient (Wildman–Crippen LogP) is 6.66. The highest BCUT2D eigenvalue weighted by Crippen LogP contribution is 2.19. The zero-order valence-electron chi connectivity index (χ0n) is 12.6. The first-order chi connectivity index (χ1) is 8.75. The van der Waals surface area contributed by atoms with E-state index in [1.54, 1.807) is 0 Å². The lowest BCUT2D eigenvalue weighted by atomic mass is 10.0. The van der Waals surface area contributed by atoms with E-state index in [1.165, 1.54) is 22.3 Å². The molecule has 19 heavy (non-hydrogen) atoms. The average molecular weight is 258 g/mol. The van der Waals surface area contributed by atoms with E-state index in [4.69, 9.17) is 0 Å². The molecule has 0 atom stereocenters. The molecule has 0 heterocycles. The lowest BCUT2D eigenvalue weighted by molar-refractivity contribution is 1.45. The molecule has 2 aromatic carbocycles. The molecule has 0 fully saturated rings. The second-order valence-corrected chi connectivity index (χ2v) is 3.73. The van der Waals surface area contributed by atoms with E-state index < -0.39 is 0 Å². The maximum Gasteiger partial charge on any atom is -0.0184 e. The van der Waals surface area contributed by atoms with Gasteiger partial charge in [0.05, 0.1) is 0 Å². The normalized spacial score (nSPS) is 8.11. The van der Waals surface area contributed by atoms with Crippen LogP contribution in [0.15, 0.2) is 48.5 Å². The van der Waals surface area contributed by atoms with Crippen LogP contribution in [0.1, 0.15) is 46.2 Å². The van der Waals surface area contributed by atoms with Crippen LogP contribution in [0.25, 0.3) is 11.1 Å². The Morgan fingerprint density at radius 3 is 0.895 bits per heavy atom. The molecule has 0 amide bonds. The van der Waals surface area contributed by atoms with Crippen LogP contribution in [-0.4, -0.2) is 0 Å². The zero-order valence-corrected chi connectivity index (χ0v) is 12.6. The summed E-state index contributed by atoms with van der Waals surface area (Å²) >= 11 is 0. The highest BCUT2D eigenvalue weighted by Gasteiger charge is 1.95. The molecule has 0 unspecified atom stereocenters. The number of rotatable bonds is 1. The van der Waals surface area contributed by atoms with Crippen molar-refractivity contribution in [2.24, 2.45) is 0 Å². The first-order valence-corrected chi connectivity index (χ1v) is 6.89. The molecule has 0 aliphatic heterocycles. The molecule has 106 valence electrons. The topological polar surface area (TPSA) is 0 Å². The van der Waals surface area contributed by atoms with Crippen molar-refractivity contribution in [2.45, 2.75) is 49.0 Å². The lowest BCUT2D eigenvalue weighted by Gasteiger charge is -2.02. The molecular formula is C19H30. The Morgan fingerprint density at radius 2 is 0.684 bits per heavy atom. The van der Waals surface area contributed by atoms with Gasteiger partial charge in [0, 0.05) is 0 Å². The highest BCUT2D eigenvalue weighted by atomic mass is 14.0. The van der Waals surface area contributed by atoms with E-state index >= 15 is 0 Å². The van der Waals surface area contributed by atoms with E-state index in [-0.39, 0.29) is 7.43 Å². The second kappa shape index (κ2) is 11.5. The quantitative estimate of drug-likeness (QED) is 0.536. The van der Waals surface area contributed by atoms with Crippen molar-refractivity contribution in [3.8, 4) is 11.1 Å². The fraction of sp³-hybridized carbons (Fsp3) is 0.368. The highest BCUT2D eigenvalue weighted by molar-refractivity contribution is 5.63. The summed E-state index contributed by atoms with van der Waals surface area (Å²) in [6.45, 7) is 12.2. The van der Waals surface area contributed by atoms with Gasteiger partial charge in [0.25, 0.3) is 0 Å². The molecule has 0 heteroatoms. The maximum atomic E-state index is 2.17. The summed E-state index contributed by atoms with van der Waals surface area (Å²) in [5.41, 5.74) is 5.19. The van der Waals surface area contributed by atoms with Crippen molar-refractivity contribution < 1.29 is 0 Å². The lowest BCUT2D eigenvalue weighted by Crippen LogP contribution is -1.78. The first-order valence-electron chi connectivity index (χ1n) is 6.89. The van der Waals surface area contributed by atoms with Crippen molar-refractivity contribution in [2.75, 3.05) is 0 Å². The van der Waals surface area contributed by atoms with Crippen molar-refractivity contribution in [1.29, 1.82) is 0 Å². The predicted molar refractivity (Wildman–Crippen MR) is 90.8 cm³/mol. The summed E-state index contributed by atoms with van der Waals surface area (Å²) in [5, 5.41) is 0. The molecule has 0 N–H and O–H groups in total. The van der Waals surface area contributed by atoms with Crippen molar-refractivity contribution in [1.82, 2.24) is 0 Å². The molecule has 0 radical (unpaired) electrons. The molecule has 0 aliphatic rings. The Labute approximate surface area is 120 Å². The van der Waals surface area contributed by atoms with Gasteiger partial charge >= 0.3 is 0 Å². The van der Waals surface area contributed by atoms with Gasteiger partial charge in [0.2, 0.25) is 0 Å². The number of hydrogen-bond donors (Lipinski definition) is 0. The molecule has 0 saturated carbocycles. The van der Waals surface area contributed by atoms with Crippen LogP contribution in [0, 0.1) is 13.8 Å². The Balaban J connectivity index is 0. The number of aryl methyl sites for hydroxylation is 2. The zero-order chi connectivity index (χ0) is 14.0. The fourth-order valence-electron chi connectivity index (χ4n) is 1.49. The van der Waals surface area contributed by atoms with E-state index in [0.29, 0.717) is 0 Å². The average Bonchev–Trinajstić information content (AvgIpc) is 2.45. The van der Waals surface area contributed by atoms with Gasteiger partial charge in [-0.1, -0.05) is 94.8 Å². The third kappa shape index (κ3) is 6.81. The summed E-state index contributed by atoms with van der Waals surface area (Å²) < 4.78 is 0. The fourth-order valence-corrected chi connectivity index (χ4v) is 1.49. The third-order valence-electron chi connectivity index (χ3n) is 2.44. The second-order valence-electron chi connectivity index (χ2n) is 3.73. The Hall–Kier alpha value is -1.56. The minimum Gasteiger partial charge on any atom is -0.0776 e. The van der Waals surface area contributed by atoms with E-state index in [0.717, 1.165) is 0 Å². The Kier molecular flexibility index (Phi) is 12.0. The van der Waals surface area contributed by atoms with Crippen LogP contribution in [0.2, 0.25) is 0 Å². The van der Waals surface area contributed by atoms with Crippen LogP contribution < -0.4 is 0 Å². The molecule has 0 aliphatic carbocycles. The minimum absolute atomic E-state index is 0. The Bertz CT molecular complexity index is 363. The molecule has 2 rings (SSSR count).